The van der Waals surface area contributed by atoms with Gasteiger partial charge in [0, 0.05) is 21.4 Å². The molecular formula is C19H13ClFNO2. The maximum absolute atomic E-state index is 14.6. The number of fused-ring (bicyclic) bond motifs is 6. The van der Waals surface area contributed by atoms with Crippen LogP contribution in [0.25, 0.3) is 32.5 Å². The monoisotopic (exact) mass is 341 g/mol. The van der Waals surface area contributed by atoms with Gasteiger partial charge in [0.05, 0.1) is 16.5 Å². The molecule has 0 spiro atoms. The van der Waals surface area contributed by atoms with Crippen molar-refractivity contribution in [3.8, 4) is 0 Å². The van der Waals surface area contributed by atoms with Gasteiger partial charge in [0.2, 0.25) is 0 Å². The van der Waals surface area contributed by atoms with E-state index < -0.39 is 5.82 Å². The van der Waals surface area contributed by atoms with Crippen molar-refractivity contribution in [2.45, 2.75) is 20.8 Å². The molecule has 3 nitrogen and oxygen atoms in total. The van der Waals surface area contributed by atoms with Gasteiger partial charge in [-0.1, -0.05) is 28.9 Å². The van der Waals surface area contributed by atoms with Crippen molar-refractivity contribution in [2.24, 2.45) is 0 Å². The molecular weight excluding hydrogens is 329 g/mol. The number of hydrogen-bond acceptors (Lipinski definition) is 3. The first-order valence-corrected chi connectivity index (χ1v) is 7.89. The lowest BCUT2D eigenvalue weighted by Crippen LogP contribution is -1.98. The number of aromatic nitrogens is 1. The van der Waals surface area contributed by atoms with Crippen LogP contribution in [-0.4, -0.2) is 10.9 Å². The topological polar surface area (TPSA) is 43.1 Å². The summed E-state index contributed by atoms with van der Waals surface area (Å²) >= 11 is 6.36. The molecule has 0 aliphatic carbocycles. The maximum Gasteiger partial charge on any atom is 0.178 e. The number of Topliss-reactive ketones (excluding diaryl/α,β-unsaturated/α-hetero) is 1. The zero-order valence-corrected chi connectivity index (χ0v) is 14.1. The van der Waals surface area contributed by atoms with E-state index in [-0.39, 0.29) is 5.78 Å². The normalized spacial score (nSPS) is 11.7. The summed E-state index contributed by atoms with van der Waals surface area (Å²) < 4.78 is 20.0. The summed E-state index contributed by atoms with van der Waals surface area (Å²) in [5, 5.41) is 7.65. The van der Waals surface area contributed by atoms with Gasteiger partial charge >= 0.3 is 0 Å². The van der Waals surface area contributed by atoms with Gasteiger partial charge in [0.1, 0.15) is 5.82 Å². The Morgan fingerprint density at radius 1 is 1.17 bits per heavy atom. The Morgan fingerprint density at radius 2 is 1.92 bits per heavy atom. The molecule has 0 atom stereocenters. The van der Waals surface area contributed by atoms with E-state index in [0.29, 0.717) is 43.4 Å². The fraction of sp³-hybridized carbons (Fsp3) is 0.158. The summed E-state index contributed by atoms with van der Waals surface area (Å²) in [6, 6.07) is 6.44. The fourth-order valence-corrected chi connectivity index (χ4v) is 3.62. The van der Waals surface area contributed by atoms with Crippen LogP contribution >= 0.6 is 11.6 Å². The number of carbonyl (C=O) groups excluding carboxylic acids is 1. The lowest BCUT2D eigenvalue weighted by atomic mass is 9.90. The van der Waals surface area contributed by atoms with E-state index in [0.717, 1.165) is 10.9 Å². The molecule has 1 heterocycles. The zero-order valence-electron chi connectivity index (χ0n) is 13.3. The first-order valence-electron chi connectivity index (χ1n) is 7.51. The number of carbonyl (C=O) groups is 1. The van der Waals surface area contributed by atoms with Crippen LogP contribution in [0.5, 0.6) is 0 Å². The number of halogens is 2. The minimum atomic E-state index is -0.405. The van der Waals surface area contributed by atoms with Crippen LogP contribution in [0, 0.1) is 19.7 Å². The first kappa shape index (κ1) is 15.1. The average molecular weight is 342 g/mol. The van der Waals surface area contributed by atoms with Gasteiger partial charge in [0.15, 0.2) is 11.4 Å². The summed E-state index contributed by atoms with van der Waals surface area (Å²) in [5.74, 6) is -0.529. The Kier molecular flexibility index (Phi) is 3.15. The second kappa shape index (κ2) is 5.02. The van der Waals surface area contributed by atoms with Gasteiger partial charge in [-0.3, -0.25) is 4.79 Å². The van der Waals surface area contributed by atoms with Gasteiger partial charge < -0.3 is 4.52 Å². The maximum atomic E-state index is 14.6. The Balaban J connectivity index is 2.51. The molecule has 4 rings (SSSR count). The van der Waals surface area contributed by atoms with Crippen LogP contribution in [0.1, 0.15) is 28.5 Å². The second-order valence-corrected chi connectivity index (χ2v) is 6.38. The molecule has 24 heavy (non-hydrogen) atoms. The smallest absolute Gasteiger partial charge is 0.178 e. The molecule has 0 aliphatic rings. The summed E-state index contributed by atoms with van der Waals surface area (Å²) in [6.45, 7) is 5.16. The van der Waals surface area contributed by atoms with Crippen molar-refractivity contribution in [3.05, 3.63) is 51.9 Å². The van der Waals surface area contributed by atoms with Gasteiger partial charge in [-0.05, 0) is 43.9 Å². The van der Waals surface area contributed by atoms with Crippen molar-refractivity contribution in [1.82, 2.24) is 5.16 Å². The number of nitrogens with zero attached hydrogens (tertiary/aromatic N) is 1. The molecule has 0 N–H and O–H groups in total. The van der Waals surface area contributed by atoms with Crippen LogP contribution in [0.3, 0.4) is 0 Å². The quantitative estimate of drug-likeness (QED) is 0.327. The molecule has 120 valence electrons. The van der Waals surface area contributed by atoms with E-state index in [1.54, 1.807) is 25.1 Å². The van der Waals surface area contributed by atoms with Crippen LogP contribution in [0.15, 0.2) is 28.8 Å². The van der Waals surface area contributed by atoms with E-state index in [2.05, 4.69) is 5.16 Å². The molecule has 0 saturated carbocycles. The molecule has 0 amide bonds. The molecule has 0 saturated heterocycles. The third-order valence-corrected chi connectivity index (χ3v) is 4.92. The molecule has 4 aromatic rings. The lowest BCUT2D eigenvalue weighted by Gasteiger charge is -2.14. The lowest BCUT2D eigenvalue weighted by molar-refractivity contribution is 0.101. The minimum Gasteiger partial charge on any atom is -0.355 e. The summed E-state index contributed by atoms with van der Waals surface area (Å²) in [5.41, 5.74) is 2.31. The number of benzene rings is 3. The van der Waals surface area contributed by atoms with Gasteiger partial charge in [0.25, 0.3) is 0 Å². The number of hydrogen-bond donors (Lipinski definition) is 0. The van der Waals surface area contributed by atoms with Crippen LogP contribution in [0.4, 0.5) is 4.39 Å². The minimum absolute atomic E-state index is 0.124. The van der Waals surface area contributed by atoms with E-state index in [1.165, 1.54) is 13.0 Å². The molecule has 0 aliphatic heterocycles. The average Bonchev–Trinajstić information content (AvgIpc) is 2.92. The third-order valence-electron chi connectivity index (χ3n) is 4.53. The van der Waals surface area contributed by atoms with Gasteiger partial charge in [-0.2, -0.15) is 0 Å². The van der Waals surface area contributed by atoms with E-state index >= 15 is 0 Å². The Morgan fingerprint density at radius 3 is 2.62 bits per heavy atom. The zero-order chi connectivity index (χ0) is 17.2. The van der Waals surface area contributed by atoms with E-state index in [9.17, 15) is 9.18 Å². The Labute approximate surface area is 142 Å². The summed E-state index contributed by atoms with van der Waals surface area (Å²) in [4.78, 5) is 12.2. The second-order valence-electron chi connectivity index (χ2n) is 5.97. The van der Waals surface area contributed by atoms with Crippen LogP contribution in [-0.2, 0) is 0 Å². The van der Waals surface area contributed by atoms with Crippen molar-refractivity contribution >= 4 is 49.9 Å². The van der Waals surface area contributed by atoms with E-state index in [1.807, 2.05) is 6.92 Å². The highest BCUT2D eigenvalue weighted by molar-refractivity contribution is 6.36. The molecule has 5 heteroatoms. The molecule has 0 unspecified atom stereocenters. The highest BCUT2D eigenvalue weighted by Crippen LogP contribution is 2.42. The predicted molar refractivity (Wildman–Crippen MR) is 93.5 cm³/mol. The summed E-state index contributed by atoms with van der Waals surface area (Å²) in [7, 11) is 0. The molecule has 1 aromatic heterocycles. The standard InChI is InChI=1S/C19H13ClFNO2/c1-8-13(20)7-12(10(3)23)17-11-5-4-6-14(21)18(11)19-16(15(8)17)9(2)22-24-19/h4-7H,1-3H3. The molecule has 0 radical (unpaired) electrons. The Hall–Kier alpha value is -2.46. The molecule has 3 aromatic carbocycles. The predicted octanol–water partition coefficient (Wildman–Crippen LogP) is 5.75. The first-order chi connectivity index (χ1) is 11.4. The number of aryl methyl sites for hydroxylation is 2. The Bertz CT molecular complexity index is 1180. The highest BCUT2D eigenvalue weighted by Gasteiger charge is 2.23. The van der Waals surface area contributed by atoms with E-state index in [4.69, 9.17) is 16.1 Å². The SMILES string of the molecule is CC(=O)c1cc(Cl)c(C)c2c1c1cccc(F)c1c1onc(C)c12. The third kappa shape index (κ3) is 1.83. The van der Waals surface area contributed by atoms with Crippen LogP contribution < -0.4 is 0 Å². The largest absolute Gasteiger partial charge is 0.355 e. The van der Waals surface area contributed by atoms with Crippen molar-refractivity contribution in [1.29, 1.82) is 0 Å². The molecule has 0 fully saturated rings. The number of ketones is 1. The fourth-order valence-electron chi connectivity index (χ4n) is 3.42. The molecule has 0 bridgehead atoms. The van der Waals surface area contributed by atoms with Crippen molar-refractivity contribution in [3.63, 3.8) is 0 Å². The summed E-state index contributed by atoms with van der Waals surface area (Å²) in [6.07, 6.45) is 0. The van der Waals surface area contributed by atoms with Gasteiger partial charge in [-0.15, -0.1) is 0 Å². The number of rotatable bonds is 1. The van der Waals surface area contributed by atoms with Crippen molar-refractivity contribution < 1.29 is 13.7 Å². The van der Waals surface area contributed by atoms with Crippen molar-refractivity contribution in [2.75, 3.05) is 0 Å². The highest BCUT2D eigenvalue weighted by atomic mass is 35.5. The van der Waals surface area contributed by atoms with Crippen LogP contribution in [0.2, 0.25) is 5.02 Å². The van der Waals surface area contributed by atoms with Gasteiger partial charge in [-0.25, -0.2) is 4.39 Å².